The molecule has 0 bridgehead atoms. The van der Waals surface area contributed by atoms with Gasteiger partial charge >= 0.3 is 0 Å². The number of fused-ring (bicyclic) bond motifs is 1. The molecule has 1 saturated carbocycles. The van der Waals surface area contributed by atoms with Crippen LogP contribution in [0, 0.1) is 18.8 Å². The van der Waals surface area contributed by atoms with E-state index in [-0.39, 0.29) is 6.04 Å². The molecule has 1 aliphatic heterocycles. The molecule has 1 fully saturated rings. The van der Waals surface area contributed by atoms with Crippen LogP contribution in [0.5, 0.6) is 5.75 Å². The van der Waals surface area contributed by atoms with Crippen molar-refractivity contribution in [1.82, 2.24) is 4.57 Å². The number of furan rings is 1. The third kappa shape index (κ3) is 5.33. The molecule has 2 aromatic heterocycles. The van der Waals surface area contributed by atoms with Crippen LogP contribution >= 0.6 is 0 Å². The van der Waals surface area contributed by atoms with Crippen LogP contribution in [0.2, 0.25) is 0 Å². The van der Waals surface area contributed by atoms with Gasteiger partial charge in [-0.2, -0.15) is 10.2 Å². The SMILES string of the molecule is CCCC1=NN=C(C(Cc2ccc(OCCc3cc(C4=CCCC=C4)oc3C)cc2)n2cccc2)C2CC12. The molecule has 0 spiro atoms. The quantitative estimate of drug-likeness (QED) is 0.266. The Morgan fingerprint density at radius 2 is 1.89 bits per heavy atom. The minimum Gasteiger partial charge on any atom is -0.493 e. The van der Waals surface area contributed by atoms with E-state index >= 15 is 0 Å². The van der Waals surface area contributed by atoms with Crippen LogP contribution in [0.4, 0.5) is 0 Å². The zero-order valence-corrected chi connectivity index (χ0v) is 22.5. The van der Waals surface area contributed by atoms with Gasteiger partial charge in [-0.3, -0.25) is 0 Å². The Morgan fingerprint density at radius 3 is 2.66 bits per heavy atom. The average Bonchev–Trinajstić information content (AvgIpc) is 3.40. The van der Waals surface area contributed by atoms with E-state index in [9.17, 15) is 0 Å². The molecule has 0 saturated heterocycles. The molecule has 38 heavy (non-hydrogen) atoms. The highest BCUT2D eigenvalue weighted by molar-refractivity contribution is 6.03. The standard InChI is InChI=1S/C33H37N3O2/c1-3-9-30-28-22-29(28)33(35-34-30)31(36-17-7-8-18-36)20-24-12-14-27(15-13-24)37-19-16-26-21-32(38-23(26)2)25-10-5-4-6-11-25/h5,7-8,10-15,17-18,21,28-29,31H,3-4,6,9,16,19-20,22H2,1-2H3. The largest absolute Gasteiger partial charge is 0.493 e. The van der Waals surface area contributed by atoms with Gasteiger partial charge < -0.3 is 13.7 Å². The average molecular weight is 508 g/mol. The molecule has 0 N–H and O–H groups in total. The number of allylic oxidation sites excluding steroid dienone is 4. The summed E-state index contributed by atoms with van der Waals surface area (Å²) in [5.74, 6) is 4.01. The predicted molar refractivity (Wildman–Crippen MR) is 154 cm³/mol. The van der Waals surface area contributed by atoms with Crippen LogP contribution < -0.4 is 4.74 Å². The number of nitrogens with zero attached hydrogens (tertiary/aromatic N) is 3. The van der Waals surface area contributed by atoms with Crippen molar-refractivity contribution in [1.29, 1.82) is 0 Å². The third-order valence-electron chi connectivity index (χ3n) is 8.02. The number of hydrogen-bond donors (Lipinski definition) is 0. The van der Waals surface area contributed by atoms with Gasteiger partial charge in [0.2, 0.25) is 0 Å². The van der Waals surface area contributed by atoms with E-state index in [0.717, 1.165) is 55.8 Å². The maximum atomic E-state index is 6.11. The summed E-state index contributed by atoms with van der Waals surface area (Å²) in [6.45, 7) is 4.88. The Labute approximate surface area is 225 Å². The van der Waals surface area contributed by atoms with Crippen LogP contribution in [0.15, 0.2) is 87.7 Å². The molecule has 196 valence electrons. The zero-order valence-electron chi connectivity index (χ0n) is 22.5. The van der Waals surface area contributed by atoms with Gasteiger partial charge in [0, 0.05) is 41.9 Å². The lowest BCUT2D eigenvalue weighted by atomic mass is 9.96. The second-order valence-corrected chi connectivity index (χ2v) is 10.7. The number of ether oxygens (including phenoxy) is 1. The van der Waals surface area contributed by atoms with Crippen molar-refractivity contribution in [3.63, 3.8) is 0 Å². The van der Waals surface area contributed by atoms with Gasteiger partial charge in [-0.1, -0.05) is 43.7 Å². The molecule has 3 unspecified atom stereocenters. The van der Waals surface area contributed by atoms with Crippen molar-refractivity contribution < 1.29 is 9.15 Å². The van der Waals surface area contributed by atoms with Gasteiger partial charge in [0.05, 0.1) is 18.4 Å². The molecule has 1 aromatic carbocycles. The van der Waals surface area contributed by atoms with E-state index < -0.39 is 0 Å². The lowest BCUT2D eigenvalue weighted by Crippen LogP contribution is -2.26. The second-order valence-electron chi connectivity index (χ2n) is 10.7. The monoisotopic (exact) mass is 507 g/mol. The number of aryl methyl sites for hydroxylation is 1. The highest BCUT2D eigenvalue weighted by Crippen LogP contribution is 2.47. The third-order valence-corrected chi connectivity index (χ3v) is 8.02. The van der Waals surface area contributed by atoms with Crippen molar-refractivity contribution in [2.75, 3.05) is 6.61 Å². The topological polar surface area (TPSA) is 52.0 Å². The fourth-order valence-corrected chi connectivity index (χ4v) is 5.81. The summed E-state index contributed by atoms with van der Waals surface area (Å²) >= 11 is 0. The van der Waals surface area contributed by atoms with E-state index in [1.54, 1.807) is 0 Å². The van der Waals surface area contributed by atoms with Crippen molar-refractivity contribution in [3.05, 3.63) is 95.7 Å². The second kappa shape index (κ2) is 11.0. The molecule has 0 amide bonds. The molecular weight excluding hydrogens is 470 g/mol. The first-order valence-electron chi connectivity index (χ1n) is 14.1. The van der Waals surface area contributed by atoms with Crippen LogP contribution in [0.25, 0.3) is 5.57 Å². The first-order chi connectivity index (χ1) is 18.7. The molecule has 5 heteroatoms. The van der Waals surface area contributed by atoms with Gasteiger partial charge in [-0.15, -0.1) is 0 Å². The predicted octanol–water partition coefficient (Wildman–Crippen LogP) is 7.78. The summed E-state index contributed by atoms with van der Waals surface area (Å²) in [7, 11) is 0. The number of benzene rings is 1. The van der Waals surface area contributed by atoms with Crippen molar-refractivity contribution >= 4 is 17.0 Å². The van der Waals surface area contributed by atoms with E-state index in [2.05, 4.69) is 89.7 Å². The fourth-order valence-electron chi connectivity index (χ4n) is 5.81. The summed E-state index contributed by atoms with van der Waals surface area (Å²) in [5.41, 5.74) is 6.22. The number of rotatable bonds is 11. The molecule has 5 nitrogen and oxygen atoms in total. The van der Waals surface area contributed by atoms with E-state index in [1.807, 2.05) is 6.92 Å². The van der Waals surface area contributed by atoms with Gasteiger partial charge in [-0.05, 0) is 80.5 Å². The Morgan fingerprint density at radius 1 is 1.05 bits per heavy atom. The molecule has 3 aliphatic rings. The molecule has 0 radical (unpaired) electrons. The van der Waals surface area contributed by atoms with Gasteiger partial charge in [0.1, 0.15) is 17.3 Å². The summed E-state index contributed by atoms with van der Waals surface area (Å²) in [4.78, 5) is 0. The maximum absolute atomic E-state index is 6.11. The van der Waals surface area contributed by atoms with Crippen LogP contribution in [-0.2, 0) is 12.8 Å². The van der Waals surface area contributed by atoms with E-state index in [1.165, 1.54) is 34.5 Å². The number of hydrogen-bond acceptors (Lipinski definition) is 4. The smallest absolute Gasteiger partial charge is 0.134 e. The Balaban J connectivity index is 1.08. The lowest BCUT2D eigenvalue weighted by molar-refractivity contribution is 0.321. The highest BCUT2D eigenvalue weighted by atomic mass is 16.5. The molecule has 6 rings (SSSR count). The Bertz CT molecular complexity index is 1370. The van der Waals surface area contributed by atoms with Crippen LogP contribution in [0.1, 0.15) is 67.7 Å². The Kier molecular flexibility index (Phi) is 7.17. The molecule has 3 atom stereocenters. The van der Waals surface area contributed by atoms with Crippen LogP contribution in [0.3, 0.4) is 0 Å². The van der Waals surface area contributed by atoms with Gasteiger partial charge in [-0.25, -0.2) is 0 Å². The number of aromatic nitrogens is 1. The summed E-state index contributed by atoms with van der Waals surface area (Å²) in [5, 5.41) is 9.44. The lowest BCUT2D eigenvalue weighted by Gasteiger charge is -2.23. The summed E-state index contributed by atoms with van der Waals surface area (Å²) in [6.07, 6.45) is 18.3. The molecular formula is C33H37N3O2. The minimum atomic E-state index is 0.200. The van der Waals surface area contributed by atoms with Crippen molar-refractivity contribution in [2.45, 2.75) is 64.8 Å². The first kappa shape index (κ1) is 24.7. The summed E-state index contributed by atoms with van der Waals surface area (Å²) < 4.78 is 14.4. The van der Waals surface area contributed by atoms with Gasteiger partial charge in [0.25, 0.3) is 0 Å². The highest BCUT2D eigenvalue weighted by Gasteiger charge is 2.48. The van der Waals surface area contributed by atoms with Crippen LogP contribution in [-0.4, -0.2) is 22.6 Å². The van der Waals surface area contributed by atoms with Gasteiger partial charge in [0.15, 0.2) is 0 Å². The zero-order chi connectivity index (χ0) is 25.9. The normalized spacial score (nSPS) is 20.8. The Hall–Kier alpha value is -3.60. The molecule has 3 heterocycles. The molecule has 2 aliphatic carbocycles. The first-order valence-corrected chi connectivity index (χ1v) is 14.1. The van der Waals surface area contributed by atoms with Crippen molar-refractivity contribution in [3.8, 4) is 5.75 Å². The molecule has 3 aromatic rings. The summed E-state index contributed by atoms with van der Waals surface area (Å²) in [6, 6.07) is 15.1. The fraction of sp³-hybridized carbons (Fsp3) is 0.394. The van der Waals surface area contributed by atoms with E-state index in [0.29, 0.717) is 18.4 Å². The maximum Gasteiger partial charge on any atom is 0.134 e. The van der Waals surface area contributed by atoms with Crippen molar-refractivity contribution in [2.24, 2.45) is 22.0 Å². The minimum absolute atomic E-state index is 0.200. The van der Waals surface area contributed by atoms with E-state index in [4.69, 9.17) is 14.3 Å².